The lowest BCUT2D eigenvalue weighted by atomic mass is 9.94. The van der Waals surface area contributed by atoms with E-state index in [9.17, 15) is 23.2 Å². The van der Waals surface area contributed by atoms with Crippen molar-refractivity contribution in [2.45, 2.75) is 36.4 Å². The quantitative estimate of drug-likeness (QED) is 0.403. The van der Waals surface area contributed by atoms with Crippen LogP contribution in [0, 0.1) is 0 Å². The molecule has 1 aliphatic rings. The van der Waals surface area contributed by atoms with Crippen molar-refractivity contribution in [3.8, 4) is 0 Å². The third-order valence-corrected chi connectivity index (χ3v) is 5.06. The molecule has 136 valence electrons. The molecule has 2 rings (SSSR count). The van der Waals surface area contributed by atoms with Gasteiger partial charge in [-0.05, 0) is 6.07 Å². The monoisotopic (exact) mass is 389 g/mol. The highest BCUT2D eigenvalue weighted by Crippen LogP contribution is 2.50. The fourth-order valence-corrected chi connectivity index (χ4v) is 3.27. The largest absolute Gasteiger partial charge is 0.387 e. The number of nitrogen functional groups attached to an aromatic ring is 1. The second kappa shape index (κ2) is 6.66. The number of alkyl halides is 3. The fourth-order valence-electron chi connectivity index (χ4n) is 2.39. The van der Waals surface area contributed by atoms with Crippen LogP contribution in [-0.2, 0) is 9.30 Å². The lowest BCUT2D eigenvalue weighted by Gasteiger charge is -2.31. The summed E-state index contributed by atoms with van der Waals surface area (Å²) < 4.78 is 45.0. The fraction of sp³-hybridized carbons (Fsp3) is 0.636. The van der Waals surface area contributed by atoms with E-state index in [0.29, 0.717) is 4.57 Å². The molecule has 1 aliphatic heterocycles. The Labute approximate surface area is 139 Å². The number of anilines is 1. The molecule has 24 heavy (non-hydrogen) atoms. The van der Waals surface area contributed by atoms with Gasteiger partial charge in [-0.1, -0.05) is 0 Å². The van der Waals surface area contributed by atoms with Crippen molar-refractivity contribution < 1.29 is 33.0 Å². The predicted octanol–water partition coefficient (Wildman–Crippen LogP) is -0.106. The van der Waals surface area contributed by atoms with E-state index in [1.165, 1.54) is 6.07 Å². The summed E-state index contributed by atoms with van der Waals surface area (Å²) in [5.74, 6) is -3.51. The van der Waals surface area contributed by atoms with Crippen LogP contribution in [0.3, 0.4) is 0 Å². The van der Waals surface area contributed by atoms with Gasteiger partial charge in [0.25, 0.3) is 0 Å². The van der Waals surface area contributed by atoms with Gasteiger partial charge < -0.3 is 25.4 Å². The van der Waals surface area contributed by atoms with Crippen LogP contribution in [0.5, 0.6) is 0 Å². The smallest absolute Gasteiger partial charge is 0.359 e. The van der Waals surface area contributed by atoms with Crippen LogP contribution in [0.15, 0.2) is 17.1 Å². The second-order valence-corrected chi connectivity index (χ2v) is 7.37. The number of hydrogen-bond donors (Lipinski definition) is 4. The first-order valence-electron chi connectivity index (χ1n) is 6.62. The number of halogens is 3. The summed E-state index contributed by atoms with van der Waals surface area (Å²) in [4.78, 5) is 32.8. The SMILES string of the molecule is Nc1ccn([C@@H]2O[C@](CCl)(CC(F)P(=O)(O)O)[C@@H](O)[C@H]2F)c(=O)n1. The summed E-state index contributed by atoms with van der Waals surface area (Å²) >= 11 is 5.64. The summed E-state index contributed by atoms with van der Waals surface area (Å²) in [7, 11) is -5.16. The first-order chi connectivity index (χ1) is 11.0. The van der Waals surface area contributed by atoms with Crippen molar-refractivity contribution in [2.24, 2.45) is 0 Å². The number of rotatable bonds is 5. The van der Waals surface area contributed by atoms with Crippen LogP contribution >= 0.6 is 19.2 Å². The molecule has 0 saturated carbocycles. The predicted molar refractivity (Wildman–Crippen MR) is 78.9 cm³/mol. The molecule has 1 unspecified atom stereocenters. The summed E-state index contributed by atoms with van der Waals surface area (Å²) in [6.07, 6.45) is -5.93. The van der Waals surface area contributed by atoms with E-state index < -0.39 is 55.6 Å². The normalized spacial score (nSPS) is 32.0. The third-order valence-electron chi connectivity index (χ3n) is 3.70. The molecule has 0 aliphatic carbocycles. The minimum absolute atomic E-state index is 0.126. The highest BCUT2D eigenvalue weighted by Gasteiger charge is 2.58. The Balaban J connectivity index is 2.36. The van der Waals surface area contributed by atoms with Crippen LogP contribution in [0.2, 0.25) is 0 Å². The van der Waals surface area contributed by atoms with Crippen molar-refractivity contribution in [3.63, 3.8) is 0 Å². The van der Waals surface area contributed by atoms with Crippen LogP contribution < -0.4 is 11.4 Å². The van der Waals surface area contributed by atoms with Gasteiger partial charge in [0, 0.05) is 12.6 Å². The van der Waals surface area contributed by atoms with Crippen molar-refractivity contribution in [1.82, 2.24) is 9.55 Å². The van der Waals surface area contributed by atoms with Gasteiger partial charge in [-0.25, -0.2) is 13.6 Å². The van der Waals surface area contributed by atoms with Crippen LogP contribution in [0.4, 0.5) is 14.6 Å². The number of nitrogens with two attached hydrogens (primary N) is 1. The van der Waals surface area contributed by atoms with Crippen LogP contribution in [0.25, 0.3) is 0 Å². The topological polar surface area (TPSA) is 148 Å². The molecule has 0 radical (unpaired) electrons. The van der Waals surface area contributed by atoms with Crippen LogP contribution in [-0.4, -0.2) is 54.1 Å². The molecule has 0 amide bonds. The molecule has 1 aromatic heterocycles. The van der Waals surface area contributed by atoms with Gasteiger partial charge in [-0.3, -0.25) is 9.13 Å². The van der Waals surface area contributed by atoms with Gasteiger partial charge in [0.2, 0.25) is 5.91 Å². The van der Waals surface area contributed by atoms with Gasteiger partial charge >= 0.3 is 13.3 Å². The third kappa shape index (κ3) is 3.46. The lowest BCUT2D eigenvalue weighted by Crippen LogP contribution is -2.45. The molecular formula is C11H15ClF2N3O6P. The average molecular weight is 390 g/mol. The van der Waals surface area contributed by atoms with E-state index in [4.69, 9.17) is 31.9 Å². The summed E-state index contributed by atoms with van der Waals surface area (Å²) in [5.41, 5.74) is 2.20. The van der Waals surface area contributed by atoms with Crippen LogP contribution in [0.1, 0.15) is 12.6 Å². The Bertz CT molecular complexity index is 717. The van der Waals surface area contributed by atoms with Gasteiger partial charge in [-0.15, -0.1) is 11.6 Å². The van der Waals surface area contributed by atoms with E-state index in [-0.39, 0.29) is 5.82 Å². The first-order valence-corrected chi connectivity index (χ1v) is 8.83. The minimum Gasteiger partial charge on any atom is -0.387 e. The molecular weight excluding hydrogens is 375 g/mol. The number of nitrogens with zero attached hydrogens (tertiary/aromatic N) is 2. The van der Waals surface area contributed by atoms with Crippen molar-refractivity contribution in [1.29, 1.82) is 0 Å². The van der Waals surface area contributed by atoms with Gasteiger partial charge in [0.05, 0.1) is 5.88 Å². The van der Waals surface area contributed by atoms with Crippen molar-refractivity contribution in [2.75, 3.05) is 11.6 Å². The Hall–Kier alpha value is -1.10. The van der Waals surface area contributed by atoms with E-state index in [0.717, 1.165) is 6.20 Å². The summed E-state index contributed by atoms with van der Waals surface area (Å²) in [5, 5.41) is 10.0. The Morgan fingerprint density at radius 2 is 2.21 bits per heavy atom. The summed E-state index contributed by atoms with van der Waals surface area (Å²) in [6.45, 7) is 0. The average Bonchev–Trinajstić information content (AvgIpc) is 2.72. The molecule has 1 saturated heterocycles. The Kier molecular flexibility index (Phi) is 5.34. The van der Waals surface area contributed by atoms with Gasteiger partial charge in [0.1, 0.15) is 17.5 Å². The Morgan fingerprint density at radius 3 is 2.71 bits per heavy atom. The molecule has 0 bridgehead atoms. The minimum atomic E-state index is -5.16. The van der Waals surface area contributed by atoms with E-state index in [1.807, 2.05) is 0 Å². The van der Waals surface area contributed by atoms with E-state index in [2.05, 4.69) is 4.98 Å². The zero-order chi connectivity index (χ0) is 18.3. The Morgan fingerprint density at radius 1 is 1.58 bits per heavy atom. The number of ether oxygens (including phenoxy) is 1. The molecule has 1 aromatic rings. The molecule has 0 aromatic carbocycles. The zero-order valence-corrected chi connectivity index (χ0v) is 13.6. The maximum Gasteiger partial charge on any atom is 0.359 e. The molecule has 5 N–H and O–H groups in total. The molecule has 2 heterocycles. The number of hydrogen-bond acceptors (Lipinski definition) is 6. The summed E-state index contributed by atoms with van der Waals surface area (Å²) in [6, 6.07) is 1.18. The van der Waals surface area contributed by atoms with Crippen molar-refractivity contribution in [3.05, 3.63) is 22.7 Å². The maximum atomic E-state index is 14.4. The number of aliphatic hydroxyl groups excluding tert-OH is 1. The number of aliphatic hydroxyl groups is 1. The second-order valence-electron chi connectivity index (χ2n) is 5.37. The van der Waals surface area contributed by atoms with Crippen molar-refractivity contribution >= 4 is 25.0 Å². The van der Waals surface area contributed by atoms with E-state index >= 15 is 0 Å². The molecule has 9 nitrogen and oxygen atoms in total. The maximum absolute atomic E-state index is 14.4. The van der Waals surface area contributed by atoms with E-state index in [1.54, 1.807) is 0 Å². The standard InChI is InChI=1S/C11H15ClF2N3O6P/c12-4-11(3-5(13)24(20,21)22)8(18)7(14)9(23-11)17-2-1-6(15)16-10(17)19/h1-2,5,7-9,18H,3-4H2,(H2,15,16,19)(H2,20,21,22)/t5?,7-,8+,9-,11+/m1/s1. The van der Waals surface area contributed by atoms with Gasteiger partial charge in [0.15, 0.2) is 12.4 Å². The number of aromatic nitrogens is 2. The lowest BCUT2D eigenvalue weighted by molar-refractivity contribution is -0.100. The zero-order valence-electron chi connectivity index (χ0n) is 12.0. The van der Waals surface area contributed by atoms with Gasteiger partial charge in [-0.2, -0.15) is 4.98 Å². The highest BCUT2D eigenvalue weighted by molar-refractivity contribution is 7.52. The first kappa shape index (κ1) is 19.2. The molecule has 13 heteroatoms. The molecule has 1 fully saturated rings. The highest BCUT2D eigenvalue weighted by atomic mass is 35.5. The molecule has 5 atom stereocenters. The molecule has 0 spiro atoms.